The first-order valence-electron chi connectivity index (χ1n) is 7.39. The highest BCUT2D eigenvalue weighted by atomic mass is 32.2. The number of nitro benzene ring substituents is 1. The molecule has 0 radical (unpaired) electrons. The average Bonchev–Trinajstić information content (AvgIpc) is 2.54. The van der Waals surface area contributed by atoms with Gasteiger partial charge in [-0.1, -0.05) is 6.42 Å². The molecule has 0 aliphatic carbocycles. The lowest BCUT2D eigenvalue weighted by Crippen LogP contribution is -2.51. The molecule has 0 amide bonds. The lowest BCUT2D eigenvalue weighted by molar-refractivity contribution is -0.385. The Hall–Kier alpha value is -1.71. The number of nitrogens with two attached hydrogens (primary N) is 1. The lowest BCUT2D eigenvalue weighted by atomic mass is 10.00. The molecule has 1 aliphatic heterocycles. The molecule has 0 saturated carbocycles. The third-order valence-corrected chi connectivity index (χ3v) is 6.01. The summed E-state index contributed by atoms with van der Waals surface area (Å²) in [6.45, 7) is 2.17. The van der Waals surface area contributed by atoms with Crippen molar-refractivity contribution < 1.29 is 18.1 Å². The zero-order valence-corrected chi connectivity index (χ0v) is 14.0. The van der Waals surface area contributed by atoms with Crippen molar-refractivity contribution in [2.45, 2.75) is 43.2 Å². The third kappa shape index (κ3) is 3.46. The van der Waals surface area contributed by atoms with Gasteiger partial charge >= 0.3 is 0 Å². The number of piperidine rings is 1. The standard InChI is InChI=1S/C14H21N3O5S/c1-10(15)12-5-3-4-8-16(12)23(20,21)14-7-6-11(17(18)19)9-13(14)22-2/h6-7,9-10,12H,3-5,8,15H2,1-2H3. The zero-order chi connectivity index (χ0) is 17.2. The van der Waals surface area contributed by atoms with Gasteiger partial charge in [-0.3, -0.25) is 10.1 Å². The normalized spacial score (nSPS) is 20.9. The molecule has 1 fully saturated rings. The summed E-state index contributed by atoms with van der Waals surface area (Å²) in [4.78, 5) is 10.2. The van der Waals surface area contributed by atoms with Crippen LogP contribution in [0.4, 0.5) is 5.69 Å². The molecule has 1 aliphatic rings. The maximum Gasteiger partial charge on any atom is 0.273 e. The molecule has 128 valence electrons. The molecule has 0 bridgehead atoms. The van der Waals surface area contributed by atoms with Crippen LogP contribution in [0.3, 0.4) is 0 Å². The predicted molar refractivity (Wildman–Crippen MR) is 84.8 cm³/mol. The molecule has 2 N–H and O–H groups in total. The summed E-state index contributed by atoms with van der Waals surface area (Å²) in [7, 11) is -2.55. The van der Waals surface area contributed by atoms with E-state index in [9.17, 15) is 18.5 Å². The van der Waals surface area contributed by atoms with Crippen molar-refractivity contribution in [3.63, 3.8) is 0 Å². The summed E-state index contributed by atoms with van der Waals surface area (Å²) in [5.74, 6) is -0.0341. The fraction of sp³-hybridized carbons (Fsp3) is 0.571. The van der Waals surface area contributed by atoms with E-state index in [1.165, 1.54) is 23.5 Å². The monoisotopic (exact) mass is 343 g/mol. The molecule has 0 spiro atoms. The van der Waals surface area contributed by atoms with Crippen LogP contribution in [0.1, 0.15) is 26.2 Å². The minimum absolute atomic E-state index is 0.0341. The highest BCUT2D eigenvalue weighted by Crippen LogP contribution is 2.33. The van der Waals surface area contributed by atoms with Gasteiger partial charge in [0.05, 0.1) is 18.1 Å². The average molecular weight is 343 g/mol. The van der Waals surface area contributed by atoms with Crippen LogP contribution in [0.25, 0.3) is 0 Å². The molecule has 2 atom stereocenters. The summed E-state index contributed by atoms with van der Waals surface area (Å²) in [5.41, 5.74) is 5.72. The molecule has 2 unspecified atom stereocenters. The van der Waals surface area contributed by atoms with E-state index in [4.69, 9.17) is 10.5 Å². The minimum Gasteiger partial charge on any atom is -0.495 e. The molecule has 1 heterocycles. The van der Waals surface area contributed by atoms with Crippen LogP contribution >= 0.6 is 0 Å². The SMILES string of the molecule is COc1cc([N+](=O)[O-])ccc1S(=O)(=O)N1CCCCC1C(C)N. The number of ether oxygens (including phenoxy) is 1. The molecular weight excluding hydrogens is 322 g/mol. The molecule has 8 nitrogen and oxygen atoms in total. The van der Waals surface area contributed by atoms with Crippen LogP contribution in [0, 0.1) is 10.1 Å². The largest absolute Gasteiger partial charge is 0.495 e. The molecular formula is C14H21N3O5S. The van der Waals surface area contributed by atoms with Gasteiger partial charge in [-0.25, -0.2) is 8.42 Å². The summed E-state index contributed by atoms with van der Waals surface area (Å²) >= 11 is 0. The van der Waals surface area contributed by atoms with Crippen LogP contribution < -0.4 is 10.5 Å². The topological polar surface area (TPSA) is 116 Å². The van der Waals surface area contributed by atoms with Crippen molar-refractivity contribution >= 4 is 15.7 Å². The van der Waals surface area contributed by atoms with E-state index in [-0.39, 0.29) is 28.4 Å². The first-order chi connectivity index (χ1) is 10.8. The summed E-state index contributed by atoms with van der Waals surface area (Å²) in [6.07, 6.45) is 2.39. The Morgan fingerprint density at radius 1 is 1.43 bits per heavy atom. The van der Waals surface area contributed by atoms with E-state index < -0.39 is 14.9 Å². The zero-order valence-electron chi connectivity index (χ0n) is 13.1. The summed E-state index contributed by atoms with van der Waals surface area (Å²) in [5, 5.41) is 10.8. The van der Waals surface area contributed by atoms with E-state index in [1.54, 1.807) is 6.92 Å². The molecule has 1 aromatic rings. The van der Waals surface area contributed by atoms with Crippen molar-refractivity contribution in [2.75, 3.05) is 13.7 Å². The lowest BCUT2D eigenvalue weighted by Gasteiger charge is -2.37. The van der Waals surface area contributed by atoms with E-state index in [0.717, 1.165) is 18.9 Å². The van der Waals surface area contributed by atoms with E-state index >= 15 is 0 Å². The predicted octanol–water partition coefficient (Wildman–Crippen LogP) is 1.49. The van der Waals surface area contributed by atoms with Crippen molar-refractivity contribution in [3.05, 3.63) is 28.3 Å². The van der Waals surface area contributed by atoms with Gasteiger partial charge in [0.2, 0.25) is 10.0 Å². The summed E-state index contributed by atoms with van der Waals surface area (Å²) in [6, 6.07) is 2.93. The maximum absolute atomic E-state index is 13.0. The fourth-order valence-corrected chi connectivity index (χ4v) is 4.78. The highest BCUT2D eigenvalue weighted by Gasteiger charge is 2.37. The Morgan fingerprint density at radius 3 is 2.70 bits per heavy atom. The molecule has 9 heteroatoms. The first kappa shape index (κ1) is 17.6. The Balaban J connectivity index is 2.48. The number of nitro groups is 1. The van der Waals surface area contributed by atoms with Gasteiger partial charge in [-0.2, -0.15) is 4.31 Å². The fourth-order valence-electron chi connectivity index (χ4n) is 2.86. The molecule has 2 rings (SSSR count). The number of benzene rings is 1. The van der Waals surface area contributed by atoms with Crippen molar-refractivity contribution in [2.24, 2.45) is 5.73 Å². The van der Waals surface area contributed by atoms with Crippen LogP contribution in [0.15, 0.2) is 23.1 Å². The molecule has 1 saturated heterocycles. The quantitative estimate of drug-likeness (QED) is 0.639. The smallest absolute Gasteiger partial charge is 0.273 e. The van der Waals surface area contributed by atoms with Crippen LogP contribution in [-0.2, 0) is 10.0 Å². The Labute approximate surface area is 135 Å². The van der Waals surface area contributed by atoms with Gasteiger partial charge in [0.15, 0.2) is 0 Å². The number of hydrogen-bond donors (Lipinski definition) is 1. The Morgan fingerprint density at radius 2 is 2.13 bits per heavy atom. The number of nitrogens with zero attached hydrogens (tertiary/aromatic N) is 2. The maximum atomic E-state index is 13.0. The third-order valence-electron chi connectivity index (χ3n) is 4.05. The summed E-state index contributed by atoms with van der Waals surface area (Å²) < 4.78 is 32.4. The second kappa shape index (κ2) is 6.81. The second-order valence-corrected chi connectivity index (χ2v) is 7.49. The van der Waals surface area contributed by atoms with Gasteiger partial charge in [-0.15, -0.1) is 0 Å². The number of methoxy groups -OCH3 is 1. The number of non-ortho nitro benzene ring substituents is 1. The van der Waals surface area contributed by atoms with Crippen LogP contribution in [0.2, 0.25) is 0 Å². The number of rotatable bonds is 5. The van der Waals surface area contributed by atoms with Gasteiger partial charge < -0.3 is 10.5 Å². The minimum atomic E-state index is -3.84. The van der Waals surface area contributed by atoms with Crippen LogP contribution in [-0.4, -0.2) is 43.4 Å². The Kier molecular flexibility index (Phi) is 5.23. The van der Waals surface area contributed by atoms with Crippen molar-refractivity contribution in [3.8, 4) is 5.75 Å². The van der Waals surface area contributed by atoms with E-state index in [0.29, 0.717) is 13.0 Å². The van der Waals surface area contributed by atoms with Crippen LogP contribution in [0.5, 0.6) is 5.75 Å². The van der Waals surface area contributed by atoms with Gasteiger partial charge in [0.1, 0.15) is 10.6 Å². The van der Waals surface area contributed by atoms with Gasteiger partial charge in [0.25, 0.3) is 5.69 Å². The van der Waals surface area contributed by atoms with E-state index in [1.807, 2.05) is 0 Å². The molecule has 1 aromatic carbocycles. The number of hydrogen-bond acceptors (Lipinski definition) is 6. The van der Waals surface area contributed by atoms with Crippen molar-refractivity contribution in [1.82, 2.24) is 4.31 Å². The van der Waals surface area contributed by atoms with Gasteiger partial charge in [0, 0.05) is 24.7 Å². The molecule has 0 aromatic heterocycles. The first-order valence-corrected chi connectivity index (χ1v) is 8.83. The number of sulfonamides is 1. The van der Waals surface area contributed by atoms with E-state index in [2.05, 4.69) is 0 Å². The molecule has 23 heavy (non-hydrogen) atoms. The van der Waals surface area contributed by atoms with Gasteiger partial charge in [-0.05, 0) is 25.8 Å². The highest BCUT2D eigenvalue weighted by molar-refractivity contribution is 7.89. The Bertz CT molecular complexity index is 690. The van der Waals surface area contributed by atoms with Crippen molar-refractivity contribution in [1.29, 1.82) is 0 Å². The second-order valence-electron chi connectivity index (χ2n) is 5.63.